The van der Waals surface area contributed by atoms with Crippen LogP contribution < -0.4 is 4.74 Å². The van der Waals surface area contributed by atoms with Gasteiger partial charge in [-0.2, -0.15) is 5.26 Å². The van der Waals surface area contributed by atoms with E-state index in [1.54, 1.807) is 0 Å². The number of hydrogen-bond acceptors (Lipinski definition) is 2. The van der Waals surface area contributed by atoms with Gasteiger partial charge in [0, 0.05) is 11.4 Å². The Balaban J connectivity index is 1.98. The van der Waals surface area contributed by atoms with Crippen LogP contribution in [0.15, 0.2) is 42.5 Å². The van der Waals surface area contributed by atoms with Gasteiger partial charge in [0.25, 0.3) is 0 Å². The summed E-state index contributed by atoms with van der Waals surface area (Å²) in [6.07, 6.45) is 0.643. The van der Waals surface area contributed by atoms with Crippen molar-refractivity contribution in [2.75, 3.05) is 6.61 Å². The van der Waals surface area contributed by atoms with Crippen LogP contribution in [0.1, 0.15) is 29.0 Å². The topological polar surface area (TPSA) is 33.0 Å². The maximum Gasteiger partial charge on any atom is 0.122 e. The Morgan fingerprint density at radius 2 is 2.00 bits per heavy atom. The molecule has 0 bridgehead atoms. The van der Waals surface area contributed by atoms with Gasteiger partial charge in [0.2, 0.25) is 0 Å². The highest BCUT2D eigenvalue weighted by Gasteiger charge is 2.11. The van der Waals surface area contributed by atoms with E-state index in [-0.39, 0.29) is 5.92 Å². The van der Waals surface area contributed by atoms with E-state index < -0.39 is 0 Å². The number of ether oxygens (including phenoxy) is 1. The maximum atomic E-state index is 9.32. The second kappa shape index (κ2) is 7.15. The molecule has 3 heteroatoms. The van der Waals surface area contributed by atoms with Gasteiger partial charge in [0.1, 0.15) is 5.75 Å². The zero-order valence-electron chi connectivity index (χ0n) is 12.3. The molecular formula is C18H18ClNO. The van der Waals surface area contributed by atoms with E-state index in [1.807, 2.05) is 50.2 Å². The molecule has 2 aromatic rings. The molecule has 0 fully saturated rings. The summed E-state index contributed by atoms with van der Waals surface area (Å²) in [5.41, 5.74) is 3.22. The first-order valence-electron chi connectivity index (χ1n) is 6.95. The van der Waals surface area contributed by atoms with Crippen molar-refractivity contribution in [3.8, 4) is 11.8 Å². The third kappa shape index (κ3) is 4.24. The van der Waals surface area contributed by atoms with E-state index in [0.717, 1.165) is 16.9 Å². The third-order valence-corrected chi connectivity index (χ3v) is 3.65. The normalized spacial score (nSPS) is 11.7. The van der Waals surface area contributed by atoms with E-state index >= 15 is 0 Å². The molecule has 0 heterocycles. The highest BCUT2D eigenvalue weighted by atomic mass is 35.5. The van der Waals surface area contributed by atoms with Crippen molar-refractivity contribution in [3.05, 3.63) is 64.2 Å². The molecule has 0 saturated heterocycles. The van der Waals surface area contributed by atoms with Crippen LogP contribution in [0.4, 0.5) is 0 Å². The Labute approximate surface area is 130 Å². The molecular weight excluding hydrogens is 282 g/mol. The number of halogens is 1. The van der Waals surface area contributed by atoms with Gasteiger partial charge >= 0.3 is 0 Å². The van der Waals surface area contributed by atoms with Gasteiger partial charge in [-0.1, -0.05) is 35.9 Å². The van der Waals surface area contributed by atoms with Crippen molar-refractivity contribution in [1.82, 2.24) is 0 Å². The highest BCUT2D eigenvalue weighted by molar-refractivity contribution is 6.30. The number of benzene rings is 2. The number of nitrogens with zero attached hydrogens (tertiary/aromatic N) is 1. The largest absolute Gasteiger partial charge is 0.493 e. The van der Waals surface area contributed by atoms with Gasteiger partial charge in [-0.3, -0.25) is 0 Å². The molecule has 2 aromatic carbocycles. The van der Waals surface area contributed by atoms with Gasteiger partial charge in [-0.25, -0.2) is 0 Å². The standard InChI is InChI=1S/C18H18ClNO/c1-13-6-7-14(2)18(10-13)21-9-8-16(12-20)15-4-3-5-17(19)11-15/h3-7,10-11,16H,8-9H2,1-2H3. The van der Waals surface area contributed by atoms with Crippen molar-refractivity contribution in [2.45, 2.75) is 26.2 Å². The molecule has 0 aromatic heterocycles. The van der Waals surface area contributed by atoms with Crippen LogP contribution in [0.25, 0.3) is 0 Å². The Hall–Kier alpha value is -1.98. The van der Waals surface area contributed by atoms with Crippen molar-refractivity contribution < 1.29 is 4.74 Å². The van der Waals surface area contributed by atoms with E-state index in [0.29, 0.717) is 18.1 Å². The summed E-state index contributed by atoms with van der Waals surface area (Å²) in [6.45, 7) is 4.57. The van der Waals surface area contributed by atoms with Crippen LogP contribution in [0.5, 0.6) is 5.75 Å². The fraction of sp³-hybridized carbons (Fsp3) is 0.278. The minimum atomic E-state index is -0.200. The van der Waals surface area contributed by atoms with Crippen molar-refractivity contribution >= 4 is 11.6 Å². The lowest BCUT2D eigenvalue weighted by molar-refractivity contribution is 0.304. The molecule has 0 aliphatic heterocycles. The molecule has 21 heavy (non-hydrogen) atoms. The second-order valence-electron chi connectivity index (χ2n) is 5.14. The van der Waals surface area contributed by atoms with Gasteiger partial charge in [0.15, 0.2) is 0 Å². The van der Waals surface area contributed by atoms with Crippen LogP contribution >= 0.6 is 11.6 Å². The average molecular weight is 300 g/mol. The molecule has 108 valence electrons. The third-order valence-electron chi connectivity index (χ3n) is 3.41. The maximum absolute atomic E-state index is 9.32. The van der Waals surface area contributed by atoms with Gasteiger partial charge < -0.3 is 4.74 Å². The molecule has 2 nitrogen and oxygen atoms in total. The lowest BCUT2D eigenvalue weighted by Gasteiger charge is -2.13. The fourth-order valence-corrected chi connectivity index (χ4v) is 2.38. The van der Waals surface area contributed by atoms with Crippen molar-refractivity contribution in [1.29, 1.82) is 5.26 Å². The molecule has 0 spiro atoms. The summed E-state index contributed by atoms with van der Waals surface area (Å²) < 4.78 is 5.82. The molecule has 1 unspecified atom stereocenters. The smallest absolute Gasteiger partial charge is 0.122 e. The summed E-state index contributed by atoms with van der Waals surface area (Å²) >= 11 is 5.97. The highest BCUT2D eigenvalue weighted by Crippen LogP contribution is 2.24. The fourth-order valence-electron chi connectivity index (χ4n) is 2.18. The van der Waals surface area contributed by atoms with Crippen molar-refractivity contribution in [2.24, 2.45) is 0 Å². The first-order valence-corrected chi connectivity index (χ1v) is 7.33. The molecule has 0 saturated carbocycles. The quantitative estimate of drug-likeness (QED) is 0.775. The zero-order valence-corrected chi connectivity index (χ0v) is 13.0. The van der Waals surface area contributed by atoms with E-state index in [1.165, 1.54) is 5.56 Å². The van der Waals surface area contributed by atoms with E-state index in [9.17, 15) is 5.26 Å². The SMILES string of the molecule is Cc1ccc(C)c(OCCC(C#N)c2cccc(Cl)c2)c1. The minimum absolute atomic E-state index is 0.200. The number of aryl methyl sites for hydroxylation is 2. The molecule has 1 atom stereocenters. The number of hydrogen-bond donors (Lipinski definition) is 0. The Morgan fingerprint density at radius 1 is 1.19 bits per heavy atom. The van der Waals surface area contributed by atoms with E-state index in [4.69, 9.17) is 16.3 Å². The predicted molar refractivity (Wildman–Crippen MR) is 85.8 cm³/mol. The summed E-state index contributed by atoms with van der Waals surface area (Å²) in [6, 6.07) is 15.9. The average Bonchev–Trinajstić information content (AvgIpc) is 2.47. The monoisotopic (exact) mass is 299 g/mol. The van der Waals surface area contributed by atoms with Crippen LogP contribution in [0.2, 0.25) is 5.02 Å². The predicted octanol–water partition coefficient (Wildman–Crippen LogP) is 5.03. The Bertz CT molecular complexity index is 661. The van der Waals surface area contributed by atoms with Gasteiger partial charge in [-0.15, -0.1) is 0 Å². The van der Waals surface area contributed by atoms with E-state index in [2.05, 4.69) is 12.1 Å². The van der Waals surface area contributed by atoms with Crippen LogP contribution in [0, 0.1) is 25.2 Å². The van der Waals surface area contributed by atoms with Gasteiger partial charge in [0.05, 0.1) is 18.6 Å². The second-order valence-corrected chi connectivity index (χ2v) is 5.58. The number of rotatable bonds is 5. The molecule has 0 radical (unpaired) electrons. The van der Waals surface area contributed by atoms with Crippen LogP contribution in [0.3, 0.4) is 0 Å². The molecule has 0 N–H and O–H groups in total. The summed E-state index contributed by atoms with van der Waals surface area (Å²) in [5.74, 6) is 0.687. The number of nitriles is 1. The molecule has 0 aliphatic rings. The minimum Gasteiger partial charge on any atom is -0.493 e. The summed E-state index contributed by atoms with van der Waals surface area (Å²) in [4.78, 5) is 0. The first kappa shape index (κ1) is 15.4. The van der Waals surface area contributed by atoms with Crippen LogP contribution in [-0.4, -0.2) is 6.61 Å². The Kier molecular flexibility index (Phi) is 5.25. The first-order chi connectivity index (χ1) is 10.1. The summed E-state index contributed by atoms with van der Waals surface area (Å²) in [5, 5.41) is 9.97. The van der Waals surface area contributed by atoms with Crippen molar-refractivity contribution in [3.63, 3.8) is 0 Å². The lowest BCUT2D eigenvalue weighted by Crippen LogP contribution is -2.05. The molecule has 2 rings (SSSR count). The Morgan fingerprint density at radius 3 is 2.71 bits per heavy atom. The van der Waals surface area contributed by atoms with Crippen LogP contribution in [-0.2, 0) is 0 Å². The molecule has 0 amide bonds. The zero-order chi connectivity index (χ0) is 15.2. The van der Waals surface area contributed by atoms with Gasteiger partial charge in [-0.05, 0) is 48.7 Å². The summed E-state index contributed by atoms with van der Waals surface area (Å²) in [7, 11) is 0. The lowest BCUT2D eigenvalue weighted by atomic mass is 9.98. The molecule has 0 aliphatic carbocycles.